The summed E-state index contributed by atoms with van der Waals surface area (Å²) < 4.78 is 5.68. The van der Waals surface area contributed by atoms with Crippen molar-refractivity contribution in [2.24, 2.45) is 0 Å². The van der Waals surface area contributed by atoms with Gasteiger partial charge in [-0.3, -0.25) is 4.79 Å². The van der Waals surface area contributed by atoms with E-state index >= 15 is 0 Å². The van der Waals surface area contributed by atoms with Crippen LogP contribution in [0.3, 0.4) is 0 Å². The molecule has 0 aliphatic heterocycles. The number of aromatic nitrogens is 4. The van der Waals surface area contributed by atoms with E-state index in [0.29, 0.717) is 5.16 Å². The van der Waals surface area contributed by atoms with E-state index in [4.69, 9.17) is 4.74 Å². The van der Waals surface area contributed by atoms with Gasteiger partial charge in [-0.05, 0) is 21.6 Å². The minimum absolute atomic E-state index is 0.132. The molecule has 0 atom stereocenters. The van der Waals surface area contributed by atoms with Crippen LogP contribution in [-0.2, 0) is 9.53 Å². The lowest BCUT2D eigenvalue weighted by atomic mass is 10.0. The summed E-state index contributed by atoms with van der Waals surface area (Å²) in [6.07, 6.45) is -0.432. The van der Waals surface area contributed by atoms with Crippen molar-refractivity contribution in [2.75, 3.05) is 5.75 Å². The Morgan fingerprint density at radius 3 is 2.17 bits per heavy atom. The number of hydrogen-bond donors (Lipinski definition) is 1. The molecule has 0 fully saturated rings. The fourth-order valence-corrected chi connectivity index (χ4v) is 2.61. The van der Waals surface area contributed by atoms with Crippen molar-refractivity contribution in [2.45, 2.75) is 11.3 Å². The van der Waals surface area contributed by atoms with Gasteiger partial charge in [0.25, 0.3) is 0 Å². The zero-order chi connectivity index (χ0) is 15.9. The molecule has 0 aliphatic rings. The molecule has 0 bridgehead atoms. The zero-order valence-electron chi connectivity index (χ0n) is 12.1. The third-order valence-corrected chi connectivity index (χ3v) is 3.93. The van der Waals surface area contributed by atoms with Crippen molar-refractivity contribution in [3.8, 4) is 0 Å². The number of hydrogen-bond acceptors (Lipinski definition) is 6. The summed E-state index contributed by atoms with van der Waals surface area (Å²) in [5.41, 5.74) is 1.86. The van der Waals surface area contributed by atoms with Gasteiger partial charge in [0.05, 0.1) is 5.75 Å². The quantitative estimate of drug-likeness (QED) is 0.554. The van der Waals surface area contributed by atoms with Crippen LogP contribution in [0.2, 0.25) is 0 Å². The second-order valence-electron chi connectivity index (χ2n) is 4.69. The molecule has 0 saturated heterocycles. The lowest BCUT2D eigenvalue weighted by molar-refractivity contribution is -0.144. The normalized spacial score (nSPS) is 10.7. The third-order valence-electron chi connectivity index (χ3n) is 3.11. The van der Waals surface area contributed by atoms with Crippen molar-refractivity contribution < 1.29 is 9.53 Å². The van der Waals surface area contributed by atoms with E-state index in [1.54, 1.807) is 0 Å². The van der Waals surface area contributed by atoms with Crippen LogP contribution in [0.15, 0.2) is 65.8 Å². The van der Waals surface area contributed by atoms with Gasteiger partial charge in [-0.25, -0.2) is 5.10 Å². The Kier molecular flexibility index (Phi) is 5.00. The van der Waals surface area contributed by atoms with E-state index in [-0.39, 0.29) is 11.7 Å². The maximum atomic E-state index is 12.2. The molecule has 1 aromatic heterocycles. The van der Waals surface area contributed by atoms with Gasteiger partial charge >= 0.3 is 5.97 Å². The Hall–Kier alpha value is -2.67. The first-order valence-corrected chi connectivity index (χ1v) is 7.97. The standard InChI is InChI=1S/C16H14N4O2S/c21-14(11-23-16-17-19-20-18-16)22-15(12-7-3-1-4-8-12)13-9-5-2-6-10-13/h1-10,15H,11H2,(H,17,18,19,20). The lowest BCUT2D eigenvalue weighted by Crippen LogP contribution is -2.14. The van der Waals surface area contributed by atoms with Crippen LogP contribution in [0.5, 0.6) is 0 Å². The summed E-state index contributed by atoms with van der Waals surface area (Å²) in [7, 11) is 0. The fraction of sp³-hybridized carbons (Fsp3) is 0.125. The highest BCUT2D eigenvalue weighted by molar-refractivity contribution is 7.99. The van der Waals surface area contributed by atoms with E-state index < -0.39 is 6.10 Å². The van der Waals surface area contributed by atoms with Gasteiger partial charge in [0.15, 0.2) is 6.10 Å². The predicted octanol–water partition coefficient (Wildman–Crippen LogP) is 2.62. The van der Waals surface area contributed by atoms with Gasteiger partial charge in [0, 0.05) is 0 Å². The minimum atomic E-state index is -0.432. The average Bonchev–Trinajstić information content (AvgIpc) is 3.13. The number of H-pyrrole nitrogens is 1. The smallest absolute Gasteiger partial charge is 0.317 e. The Bertz CT molecular complexity index is 696. The van der Waals surface area contributed by atoms with Crippen molar-refractivity contribution in [1.29, 1.82) is 0 Å². The molecule has 116 valence electrons. The van der Waals surface area contributed by atoms with Crippen LogP contribution in [-0.4, -0.2) is 32.3 Å². The summed E-state index contributed by atoms with van der Waals surface area (Å²) in [6.45, 7) is 0. The number of aromatic amines is 1. The highest BCUT2D eigenvalue weighted by atomic mass is 32.2. The number of carbonyl (C=O) groups is 1. The molecule has 3 rings (SSSR count). The van der Waals surface area contributed by atoms with Gasteiger partial charge < -0.3 is 4.74 Å². The predicted molar refractivity (Wildman–Crippen MR) is 85.7 cm³/mol. The SMILES string of the molecule is O=C(CSc1nnn[nH]1)OC(c1ccccc1)c1ccccc1. The first-order valence-electron chi connectivity index (χ1n) is 6.99. The maximum Gasteiger partial charge on any atom is 0.317 e. The first kappa shape index (κ1) is 15.2. The van der Waals surface area contributed by atoms with E-state index in [1.165, 1.54) is 11.8 Å². The van der Waals surface area contributed by atoms with E-state index in [9.17, 15) is 4.79 Å². The largest absolute Gasteiger partial charge is 0.452 e. The maximum absolute atomic E-state index is 12.2. The summed E-state index contributed by atoms with van der Waals surface area (Å²) in [6, 6.07) is 19.3. The van der Waals surface area contributed by atoms with Gasteiger partial charge in [-0.2, -0.15) is 0 Å². The van der Waals surface area contributed by atoms with Crippen LogP contribution < -0.4 is 0 Å². The van der Waals surface area contributed by atoms with Crippen LogP contribution in [0.25, 0.3) is 0 Å². The monoisotopic (exact) mass is 326 g/mol. The van der Waals surface area contributed by atoms with Crippen molar-refractivity contribution in [3.05, 3.63) is 71.8 Å². The summed E-state index contributed by atoms with van der Waals surface area (Å²) in [5, 5.41) is 13.7. The summed E-state index contributed by atoms with van der Waals surface area (Å²) in [4.78, 5) is 12.2. The Labute approximate surface area is 137 Å². The Balaban J connectivity index is 1.72. The van der Waals surface area contributed by atoms with Crippen molar-refractivity contribution in [3.63, 3.8) is 0 Å². The second-order valence-corrected chi connectivity index (χ2v) is 5.65. The number of nitrogens with zero attached hydrogens (tertiary/aromatic N) is 3. The Morgan fingerprint density at radius 1 is 1.04 bits per heavy atom. The molecule has 1 heterocycles. The molecule has 0 radical (unpaired) electrons. The number of benzene rings is 2. The third kappa shape index (κ3) is 4.17. The topological polar surface area (TPSA) is 80.8 Å². The number of esters is 1. The van der Waals surface area contributed by atoms with Gasteiger partial charge in [0.1, 0.15) is 0 Å². The molecular formula is C16H14N4O2S. The van der Waals surface area contributed by atoms with E-state index in [1.807, 2.05) is 60.7 Å². The molecule has 0 aliphatic carbocycles. The van der Waals surface area contributed by atoms with Crippen molar-refractivity contribution >= 4 is 17.7 Å². The summed E-state index contributed by atoms with van der Waals surface area (Å²) >= 11 is 1.20. The number of tetrazole rings is 1. The molecule has 0 saturated carbocycles. The van der Waals surface area contributed by atoms with E-state index in [2.05, 4.69) is 20.6 Å². The number of rotatable bonds is 6. The van der Waals surface area contributed by atoms with Crippen LogP contribution in [0.4, 0.5) is 0 Å². The van der Waals surface area contributed by atoms with Crippen LogP contribution in [0, 0.1) is 0 Å². The summed E-state index contributed by atoms with van der Waals surface area (Å²) in [5.74, 6) is -0.198. The molecule has 23 heavy (non-hydrogen) atoms. The highest BCUT2D eigenvalue weighted by Crippen LogP contribution is 2.26. The molecule has 0 amide bonds. The molecule has 0 spiro atoms. The number of nitrogens with one attached hydrogen (secondary N) is 1. The zero-order valence-corrected chi connectivity index (χ0v) is 12.9. The van der Waals surface area contributed by atoms with Gasteiger partial charge in [0.2, 0.25) is 5.16 Å². The molecule has 3 aromatic rings. The average molecular weight is 326 g/mol. The molecule has 2 aromatic carbocycles. The Morgan fingerprint density at radius 2 is 1.65 bits per heavy atom. The molecular weight excluding hydrogens is 312 g/mol. The second kappa shape index (κ2) is 7.55. The molecule has 1 N–H and O–H groups in total. The first-order chi connectivity index (χ1) is 11.3. The molecule has 7 heteroatoms. The van der Waals surface area contributed by atoms with Crippen molar-refractivity contribution in [1.82, 2.24) is 20.6 Å². The number of thioether (sulfide) groups is 1. The highest BCUT2D eigenvalue weighted by Gasteiger charge is 2.19. The van der Waals surface area contributed by atoms with Gasteiger partial charge in [-0.1, -0.05) is 72.4 Å². The van der Waals surface area contributed by atoms with Crippen LogP contribution in [0.1, 0.15) is 17.2 Å². The van der Waals surface area contributed by atoms with Crippen LogP contribution >= 0.6 is 11.8 Å². The van der Waals surface area contributed by atoms with Gasteiger partial charge in [-0.15, -0.1) is 5.10 Å². The fourth-order valence-electron chi connectivity index (χ4n) is 2.09. The molecule has 6 nitrogen and oxygen atoms in total. The van der Waals surface area contributed by atoms with E-state index in [0.717, 1.165) is 11.1 Å². The minimum Gasteiger partial charge on any atom is -0.452 e. The molecule has 0 unspecified atom stereocenters. The number of ether oxygens (including phenoxy) is 1. The lowest BCUT2D eigenvalue weighted by Gasteiger charge is -2.18. The number of carbonyl (C=O) groups excluding carboxylic acids is 1.